The molecule has 1 radical (unpaired) electrons. The number of hydrogen-bond acceptors (Lipinski definition) is 2. The molecule has 0 spiro atoms. The summed E-state index contributed by atoms with van der Waals surface area (Å²) in [6.45, 7) is 0. The Hall–Kier alpha value is -3.39. The maximum atomic E-state index is 4.78. The molecule has 3 heteroatoms. The normalized spacial score (nSPS) is 21.8. The molecule has 0 saturated heterocycles. The molecule has 4 bridgehead atoms. The van der Waals surface area contributed by atoms with Crippen molar-refractivity contribution >= 4 is 0 Å². The Balaban J connectivity index is 0.000000188. The van der Waals surface area contributed by atoms with E-state index in [2.05, 4.69) is 71.7 Å². The van der Waals surface area contributed by atoms with Gasteiger partial charge in [0.15, 0.2) is 0 Å². The van der Waals surface area contributed by atoms with E-state index in [0.29, 0.717) is 0 Å². The second-order valence-electron chi connectivity index (χ2n) is 11.4. The summed E-state index contributed by atoms with van der Waals surface area (Å²) in [7, 11) is 0. The molecule has 201 valence electrons. The number of nitrogens with zero attached hydrogens (tertiary/aromatic N) is 2. The molecule has 4 aliphatic carbocycles. The monoisotopic (exact) mass is 697 g/mol. The van der Waals surface area contributed by atoms with Gasteiger partial charge in [0, 0.05) is 32.5 Å². The molecule has 5 aromatic rings. The molecule has 2 unspecified atom stereocenters. The van der Waals surface area contributed by atoms with Crippen LogP contribution < -0.4 is 0 Å². The van der Waals surface area contributed by atoms with Gasteiger partial charge in [-0.3, -0.25) is 0 Å². The summed E-state index contributed by atoms with van der Waals surface area (Å²) in [6.07, 6.45) is 10.9. The first-order valence-corrected chi connectivity index (χ1v) is 14.3. The molecule has 0 amide bonds. The zero-order valence-electron chi connectivity index (χ0n) is 22.5. The Morgan fingerprint density at radius 3 is 1.98 bits per heavy atom. The molecule has 0 N–H and O–H groups in total. The second kappa shape index (κ2) is 12.0. The summed E-state index contributed by atoms with van der Waals surface area (Å²) >= 11 is 0. The maximum absolute atomic E-state index is 4.78. The second-order valence-corrected chi connectivity index (χ2v) is 11.4. The summed E-state index contributed by atoms with van der Waals surface area (Å²) in [5, 5.41) is 0. The van der Waals surface area contributed by atoms with Crippen LogP contribution in [0.25, 0.3) is 33.6 Å². The van der Waals surface area contributed by atoms with E-state index in [1.165, 1.54) is 43.2 Å². The van der Waals surface area contributed by atoms with Crippen molar-refractivity contribution in [2.45, 2.75) is 43.9 Å². The Morgan fingerprint density at radius 2 is 1.30 bits per heavy atom. The van der Waals surface area contributed by atoms with E-state index in [1.54, 1.807) is 17.3 Å². The number of pyridine rings is 2. The quantitative estimate of drug-likeness (QED) is 0.176. The average molecular weight is 697 g/mol. The molecule has 2 atom stereocenters. The van der Waals surface area contributed by atoms with Gasteiger partial charge in [-0.05, 0) is 71.5 Å². The Labute approximate surface area is 251 Å². The standard InChI is InChI=1S/C26H24N.C11H8N.Ir/c1-2-4-19(5-3-1)21-7-9-26(27-16-21)20-6-8-24-22-11-17-10-18(12-22)14-23(13-17)25(24)15-20;1-2-6-10(7-3-1)11-8-4-5-9-12-11;/h1-5,7-9,15-18,22-23H,10-14H2;1-6,8-9H;/q2*-1;. The van der Waals surface area contributed by atoms with Crippen LogP contribution in [0, 0.1) is 24.0 Å². The number of aromatic nitrogens is 2. The first-order valence-electron chi connectivity index (χ1n) is 14.3. The molecule has 9 rings (SSSR count). The Kier molecular flexibility index (Phi) is 8.05. The van der Waals surface area contributed by atoms with Gasteiger partial charge in [0.1, 0.15) is 0 Å². The smallest absolute Gasteiger partial charge is 0.0239 e. The summed E-state index contributed by atoms with van der Waals surface area (Å²) in [5.74, 6) is 3.49. The van der Waals surface area contributed by atoms with Gasteiger partial charge < -0.3 is 9.97 Å². The molecule has 2 aromatic heterocycles. The predicted molar refractivity (Wildman–Crippen MR) is 158 cm³/mol. The van der Waals surface area contributed by atoms with E-state index >= 15 is 0 Å². The largest absolute Gasteiger partial charge is 0.305 e. The van der Waals surface area contributed by atoms with Crippen LogP contribution in [0.1, 0.15) is 55.1 Å². The molecule has 4 aliphatic rings. The van der Waals surface area contributed by atoms with Crippen molar-refractivity contribution in [1.82, 2.24) is 9.97 Å². The summed E-state index contributed by atoms with van der Waals surface area (Å²) in [6, 6.07) is 39.9. The van der Waals surface area contributed by atoms with Gasteiger partial charge in [-0.1, -0.05) is 67.4 Å². The molecule has 40 heavy (non-hydrogen) atoms. The van der Waals surface area contributed by atoms with Crippen molar-refractivity contribution in [3.05, 3.63) is 133 Å². The fourth-order valence-electron chi connectivity index (χ4n) is 7.16. The minimum absolute atomic E-state index is 0. The third kappa shape index (κ3) is 5.59. The first kappa shape index (κ1) is 26.8. The van der Waals surface area contributed by atoms with Crippen LogP contribution in [0.3, 0.4) is 0 Å². The van der Waals surface area contributed by atoms with Gasteiger partial charge in [0.05, 0.1) is 0 Å². The van der Waals surface area contributed by atoms with Crippen LogP contribution in [0.15, 0.2) is 109 Å². The fraction of sp³-hybridized carbons (Fsp3) is 0.243. The molecule has 2 heterocycles. The predicted octanol–water partition coefficient (Wildman–Crippen LogP) is 9.15. The van der Waals surface area contributed by atoms with Crippen molar-refractivity contribution < 1.29 is 20.1 Å². The minimum atomic E-state index is 0. The number of hydrogen-bond donors (Lipinski definition) is 0. The maximum Gasteiger partial charge on any atom is 0.0239 e. The van der Waals surface area contributed by atoms with E-state index < -0.39 is 0 Å². The van der Waals surface area contributed by atoms with Crippen molar-refractivity contribution in [1.29, 1.82) is 0 Å². The minimum Gasteiger partial charge on any atom is -0.305 e. The zero-order chi connectivity index (χ0) is 26.0. The van der Waals surface area contributed by atoms with Crippen molar-refractivity contribution in [3.63, 3.8) is 0 Å². The van der Waals surface area contributed by atoms with E-state index in [-0.39, 0.29) is 20.1 Å². The first-order chi connectivity index (χ1) is 19.3. The molecule has 2 saturated carbocycles. The summed E-state index contributed by atoms with van der Waals surface area (Å²) < 4.78 is 0. The molecule has 0 aliphatic heterocycles. The Morgan fingerprint density at radius 1 is 0.575 bits per heavy atom. The molecular formula is C37H32IrN2-2. The fourth-order valence-corrected chi connectivity index (χ4v) is 7.16. The van der Waals surface area contributed by atoms with Crippen LogP contribution in [0.2, 0.25) is 0 Å². The van der Waals surface area contributed by atoms with Crippen LogP contribution in [-0.2, 0) is 20.1 Å². The van der Waals surface area contributed by atoms with Crippen LogP contribution in [0.4, 0.5) is 0 Å². The van der Waals surface area contributed by atoms with Gasteiger partial charge in [-0.25, -0.2) is 0 Å². The van der Waals surface area contributed by atoms with Gasteiger partial charge in [-0.2, -0.15) is 0 Å². The third-order valence-electron chi connectivity index (χ3n) is 8.83. The molecular weight excluding hydrogens is 665 g/mol. The SMILES string of the molecule is [Ir].[c-]1cc2c(cc1-c1ccc(-c3ccccc3)cn1)C1CC3CC(CC2C3)C1.[c-]1ccccc1-c1ccccn1. The van der Waals surface area contributed by atoms with E-state index in [1.807, 2.05) is 48.7 Å². The topological polar surface area (TPSA) is 25.8 Å². The number of benzene rings is 3. The van der Waals surface area contributed by atoms with Crippen molar-refractivity contribution in [3.8, 4) is 33.6 Å². The number of rotatable bonds is 3. The van der Waals surface area contributed by atoms with Crippen LogP contribution in [-0.4, -0.2) is 9.97 Å². The van der Waals surface area contributed by atoms with Crippen molar-refractivity contribution in [2.75, 3.05) is 0 Å². The van der Waals surface area contributed by atoms with E-state index in [0.717, 1.165) is 46.2 Å². The van der Waals surface area contributed by atoms with Gasteiger partial charge in [0.2, 0.25) is 0 Å². The zero-order valence-corrected chi connectivity index (χ0v) is 24.9. The molecule has 2 fully saturated rings. The summed E-state index contributed by atoms with van der Waals surface area (Å²) in [4.78, 5) is 8.99. The van der Waals surface area contributed by atoms with E-state index in [9.17, 15) is 0 Å². The average Bonchev–Trinajstić information content (AvgIpc) is 3.18. The van der Waals surface area contributed by atoms with Crippen molar-refractivity contribution in [2.24, 2.45) is 11.8 Å². The van der Waals surface area contributed by atoms with Gasteiger partial charge in [0.25, 0.3) is 0 Å². The summed E-state index contributed by atoms with van der Waals surface area (Å²) in [5.41, 5.74) is 9.83. The van der Waals surface area contributed by atoms with Crippen LogP contribution >= 0.6 is 0 Å². The van der Waals surface area contributed by atoms with E-state index in [4.69, 9.17) is 4.98 Å². The van der Waals surface area contributed by atoms with Gasteiger partial charge >= 0.3 is 0 Å². The Bertz CT molecular complexity index is 1480. The van der Waals surface area contributed by atoms with Gasteiger partial charge in [-0.15, -0.1) is 70.8 Å². The molecule has 2 nitrogen and oxygen atoms in total. The van der Waals surface area contributed by atoms with Crippen LogP contribution in [0.5, 0.6) is 0 Å². The third-order valence-corrected chi connectivity index (χ3v) is 8.83. The molecule has 3 aromatic carbocycles.